The number of rotatable bonds is 5. The van der Waals surface area contributed by atoms with Crippen LogP contribution in [0.15, 0.2) is 23.1 Å². The van der Waals surface area contributed by atoms with Gasteiger partial charge in [0.25, 0.3) is 0 Å². The Balaban J connectivity index is 2.70. The Labute approximate surface area is 89.5 Å². The maximum Gasteiger partial charge on any atom is 0.129 e. The smallest absolute Gasteiger partial charge is 0.129 e. The lowest BCUT2D eigenvalue weighted by molar-refractivity contribution is 0.460. The first-order valence-electron chi connectivity index (χ1n) is 4.84. The van der Waals surface area contributed by atoms with E-state index in [1.54, 1.807) is 17.8 Å². The maximum absolute atomic E-state index is 9.60. The number of phenolic OH excluding ortho intramolecular Hbond substituents is 1. The zero-order valence-corrected chi connectivity index (χ0v) is 9.31. The summed E-state index contributed by atoms with van der Waals surface area (Å²) in [5, 5.41) is 9.60. The monoisotopic (exact) mass is 211 g/mol. The summed E-state index contributed by atoms with van der Waals surface area (Å²) in [5.41, 5.74) is 6.67. The van der Waals surface area contributed by atoms with Crippen molar-refractivity contribution in [1.82, 2.24) is 0 Å². The number of benzene rings is 1. The number of nitrogens with two attached hydrogens (primary N) is 1. The highest BCUT2D eigenvalue weighted by Crippen LogP contribution is 2.30. The van der Waals surface area contributed by atoms with E-state index in [1.165, 1.54) is 5.56 Å². The van der Waals surface area contributed by atoms with Gasteiger partial charge in [0.15, 0.2) is 0 Å². The second-order valence-corrected chi connectivity index (χ2v) is 4.03. The van der Waals surface area contributed by atoms with Crippen LogP contribution in [-0.2, 0) is 6.42 Å². The van der Waals surface area contributed by atoms with E-state index in [1.807, 2.05) is 12.3 Å². The fourth-order valence-electron chi connectivity index (χ4n) is 1.46. The van der Waals surface area contributed by atoms with Crippen LogP contribution in [0.4, 0.5) is 0 Å². The van der Waals surface area contributed by atoms with Gasteiger partial charge >= 0.3 is 0 Å². The van der Waals surface area contributed by atoms with Crippen LogP contribution in [0.3, 0.4) is 0 Å². The first-order chi connectivity index (χ1) is 6.79. The Morgan fingerprint density at radius 1 is 1.36 bits per heavy atom. The Bertz CT molecular complexity index is 289. The van der Waals surface area contributed by atoms with Gasteiger partial charge in [-0.05, 0) is 43.7 Å². The Morgan fingerprint density at radius 2 is 2.14 bits per heavy atom. The summed E-state index contributed by atoms with van der Waals surface area (Å²) < 4.78 is 0. The fraction of sp³-hybridized carbons (Fsp3) is 0.455. The molecule has 0 saturated heterocycles. The number of thioether (sulfide) groups is 1. The van der Waals surface area contributed by atoms with Crippen LogP contribution in [0.2, 0.25) is 0 Å². The number of phenols is 1. The van der Waals surface area contributed by atoms with Crippen molar-refractivity contribution >= 4 is 11.8 Å². The summed E-state index contributed by atoms with van der Waals surface area (Å²) in [4.78, 5) is 1.00. The molecule has 14 heavy (non-hydrogen) atoms. The van der Waals surface area contributed by atoms with Crippen molar-refractivity contribution in [2.75, 3.05) is 12.8 Å². The lowest BCUT2D eigenvalue weighted by Gasteiger charge is -2.08. The third-order valence-corrected chi connectivity index (χ3v) is 3.06. The van der Waals surface area contributed by atoms with Crippen molar-refractivity contribution in [1.29, 1.82) is 0 Å². The molecule has 0 amide bonds. The van der Waals surface area contributed by atoms with E-state index < -0.39 is 0 Å². The molecule has 0 radical (unpaired) electrons. The van der Waals surface area contributed by atoms with Gasteiger partial charge in [-0.1, -0.05) is 12.1 Å². The second kappa shape index (κ2) is 5.94. The van der Waals surface area contributed by atoms with Gasteiger partial charge in [-0.2, -0.15) is 0 Å². The molecule has 0 saturated carbocycles. The third-order valence-electron chi connectivity index (χ3n) is 2.18. The molecule has 0 bridgehead atoms. The fourth-order valence-corrected chi connectivity index (χ4v) is 2.17. The van der Waals surface area contributed by atoms with E-state index >= 15 is 0 Å². The average molecular weight is 211 g/mol. The SMILES string of the molecule is CSc1c(O)cccc1CCCCN. The standard InChI is InChI=1S/C11H17NOS/c1-14-11-9(5-2-3-8-12)6-4-7-10(11)13/h4,6-7,13H,2-3,5,8,12H2,1H3. The molecule has 1 rings (SSSR count). The molecule has 0 aromatic heterocycles. The van der Waals surface area contributed by atoms with Crippen LogP contribution in [-0.4, -0.2) is 17.9 Å². The summed E-state index contributed by atoms with van der Waals surface area (Å²) in [5.74, 6) is 0.391. The van der Waals surface area contributed by atoms with E-state index in [2.05, 4.69) is 6.07 Å². The highest BCUT2D eigenvalue weighted by atomic mass is 32.2. The van der Waals surface area contributed by atoms with Crippen LogP contribution in [0.5, 0.6) is 5.75 Å². The van der Waals surface area contributed by atoms with Crippen molar-refractivity contribution in [2.45, 2.75) is 24.2 Å². The summed E-state index contributed by atoms with van der Waals surface area (Å²) in [7, 11) is 0. The van der Waals surface area contributed by atoms with Gasteiger partial charge in [0, 0.05) is 0 Å². The van der Waals surface area contributed by atoms with Crippen molar-refractivity contribution < 1.29 is 5.11 Å². The van der Waals surface area contributed by atoms with Gasteiger partial charge in [0.2, 0.25) is 0 Å². The molecule has 1 aromatic rings. The predicted octanol–water partition coefficient (Wildman–Crippen LogP) is 2.40. The molecule has 3 heteroatoms. The molecule has 3 N–H and O–H groups in total. The Morgan fingerprint density at radius 3 is 2.79 bits per heavy atom. The minimum absolute atomic E-state index is 0.391. The van der Waals surface area contributed by atoms with E-state index in [-0.39, 0.29) is 0 Å². The molecule has 0 spiro atoms. The molecule has 0 heterocycles. The molecule has 0 unspecified atom stereocenters. The van der Waals surface area contributed by atoms with Crippen molar-refractivity contribution in [3.05, 3.63) is 23.8 Å². The van der Waals surface area contributed by atoms with Crippen LogP contribution in [0.1, 0.15) is 18.4 Å². The van der Waals surface area contributed by atoms with Gasteiger partial charge in [0.05, 0.1) is 4.90 Å². The van der Waals surface area contributed by atoms with E-state index in [4.69, 9.17) is 5.73 Å². The van der Waals surface area contributed by atoms with Crippen LogP contribution in [0.25, 0.3) is 0 Å². The Hall–Kier alpha value is -0.670. The van der Waals surface area contributed by atoms with Crippen molar-refractivity contribution in [3.63, 3.8) is 0 Å². The zero-order chi connectivity index (χ0) is 10.4. The zero-order valence-electron chi connectivity index (χ0n) is 8.49. The lowest BCUT2D eigenvalue weighted by Crippen LogP contribution is -1.99. The van der Waals surface area contributed by atoms with Crippen molar-refractivity contribution in [3.8, 4) is 5.75 Å². The van der Waals surface area contributed by atoms with Gasteiger partial charge in [-0.15, -0.1) is 11.8 Å². The van der Waals surface area contributed by atoms with Gasteiger partial charge in [0.1, 0.15) is 5.75 Å². The minimum atomic E-state index is 0.391. The summed E-state index contributed by atoms with van der Waals surface area (Å²) in [6, 6.07) is 5.70. The van der Waals surface area contributed by atoms with Crippen LogP contribution >= 0.6 is 11.8 Å². The molecule has 0 aliphatic carbocycles. The summed E-state index contributed by atoms with van der Waals surface area (Å²) in [6.45, 7) is 0.743. The molecular formula is C11H17NOS. The first kappa shape index (κ1) is 11.4. The number of unbranched alkanes of at least 4 members (excludes halogenated alkanes) is 1. The quantitative estimate of drug-likeness (QED) is 0.580. The number of aromatic hydroxyl groups is 1. The third kappa shape index (κ3) is 2.93. The van der Waals surface area contributed by atoms with Crippen LogP contribution in [0, 0.1) is 0 Å². The summed E-state index contributed by atoms with van der Waals surface area (Å²) in [6.07, 6.45) is 5.13. The second-order valence-electron chi connectivity index (χ2n) is 3.22. The van der Waals surface area contributed by atoms with Crippen molar-refractivity contribution in [2.24, 2.45) is 5.73 Å². The highest BCUT2D eigenvalue weighted by Gasteiger charge is 2.05. The number of hydrogen-bond donors (Lipinski definition) is 2. The molecule has 0 aliphatic heterocycles. The molecule has 78 valence electrons. The predicted molar refractivity (Wildman–Crippen MR) is 61.9 cm³/mol. The molecular weight excluding hydrogens is 194 g/mol. The summed E-state index contributed by atoms with van der Waals surface area (Å²) >= 11 is 1.60. The van der Waals surface area contributed by atoms with E-state index in [9.17, 15) is 5.11 Å². The normalized spacial score (nSPS) is 10.4. The first-order valence-corrected chi connectivity index (χ1v) is 6.07. The average Bonchev–Trinajstić information content (AvgIpc) is 2.18. The highest BCUT2D eigenvalue weighted by molar-refractivity contribution is 7.98. The maximum atomic E-state index is 9.60. The molecule has 0 fully saturated rings. The number of hydrogen-bond acceptors (Lipinski definition) is 3. The molecule has 0 atom stereocenters. The minimum Gasteiger partial charge on any atom is -0.507 e. The van der Waals surface area contributed by atoms with Gasteiger partial charge < -0.3 is 10.8 Å². The molecule has 0 aliphatic rings. The largest absolute Gasteiger partial charge is 0.507 e. The van der Waals surface area contributed by atoms with Gasteiger partial charge in [-0.3, -0.25) is 0 Å². The number of aryl methyl sites for hydroxylation is 1. The lowest BCUT2D eigenvalue weighted by atomic mass is 10.1. The van der Waals surface area contributed by atoms with E-state index in [0.717, 1.165) is 30.7 Å². The topological polar surface area (TPSA) is 46.2 Å². The molecule has 2 nitrogen and oxygen atoms in total. The molecule has 1 aromatic carbocycles. The van der Waals surface area contributed by atoms with Crippen LogP contribution < -0.4 is 5.73 Å². The Kier molecular flexibility index (Phi) is 4.84. The van der Waals surface area contributed by atoms with Gasteiger partial charge in [-0.25, -0.2) is 0 Å². The van der Waals surface area contributed by atoms with E-state index in [0.29, 0.717) is 5.75 Å².